The van der Waals surface area contributed by atoms with Gasteiger partial charge in [-0.15, -0.1) is 0 Å². The van der Waals surface area contributed by atoms with Crippen LogP contribution in [0.3, 0.4) is 0 Å². The highest BCUT2D eigenvalue weighted by Crippen LogP contribution is 2.37. The minimum atomic E-state index is -2.82. The summed E-state index contributed by atoms with van der Waals surface area (Å²) in [6, 6.07) is 30.7. The number of nitrogens with zero attached hydrogens (tertiary/aromatic N) is 1. The third-order valence-electron chi connectivity index (χ3n) is 6.72. The Hall–Kier alpha value is -2.77. The number of hydrogen-bond acceptors (Lipinski definition) is 4. The monoisotopic (exact) mass is 503 g/mol. The van der Waals surface area contributed by atoms with Crippen LogP contribution in [0.4, 0.5) is 0 Å². The molecule has 0 spiro atoms. The summed E-state index contributed by atoms with van der Waals surface area (Å²) in [4.78, 5) is 0. The molecular weight excluding hydrogens is 466 g/mol. The molecular formula is C30H37NO4Si. The van der Waals surface area contributed by atoms with E-state index >= 15 is 0 Å². The van der Waals surface area contributed by atoms with Gasteiger partial charge in [0.1, 0.15) is 6.61 Å². The first-order chi connectivity index (χ1) is 17.1. The van der Waals surface area contributed by atoms with Crippen molar-refractivity contribution in [2.24, 2.45) is 0 Å². The van der Waals surface area contributed by atoms with Crippen LogP contribution in [0.15, 0.2) is 91.0 Å². The summed E-state index contributed by atoms with van der Waals surface area (Å²) in [5, 5.41) is 15.8. The molecule has 0 saturated carbocycles. The molecule has 0 aliphatic carbocycles. The van der Waals surface area contributed by atoms with E-state index in [1.54, 1.807) is 0 Å². The van der Waals surface area contributed by atoms with E-state index in [0.717, 1.165) is 10.3 Å². The average Bonchev–Trinajstić information content (AvgIpc) is 3.22. The maximum absolute atomic E-state index is 13.6. The quantitative estimate of drug-likeness (QED) is 0.145. The van der Waals surface area contributed by atoms with Crippen molar-refractivity contribution in [2.75, 3.05) is 13.2 Å². The normalized spacial score (nSPS) is 18.6. The fourth-order valence-electron chi connectivity index (χ4n) is 4.97. The van der Waals surface area contributed by atoms with Crippen LogP contribution in [0.5, 0.6) is 0 Å². The lowest BCUT2D eigenvalue weighted by Crippen LogP contribution is -2.67. The van der Waals surface area contributed by atoms with E-state index in [9.17, 15) is 5.21 Å². The SMILES string of the molecule is CC1(C)OC[C@@H](/C(CO[Si](c2ccccc2)(c2ccccc2)C(C)(C)C)=[N+](/[O-])Cc2ccccc2)O1. The smallest absolute Gasteiger partial charge is 0.261 e. The van der Waals surface area contributed by atoms with Gasteiger partial charge in [0.2, 0.25) is 5.71 Å². The van der Waals surface area contributed by atoms with Gasteiger partial charge in [0.05, 0.1) is 6.61 Å². The largest absolute Gasteiger partial charge is 0.623 e. The molecule has 5 nitrogen and oxygen atoms in total. The summed E-state index contributed by atoms with van der Waals surface area (Å²) in [6.07, 6.45) is -0.473. The standard InChI is InChI=1S/C30H37NO4Si/c1-29(2,3)36(25-17-11-7-12-18-25,26-19-13-8-14-20-26)34-22-27(28-23-33-30(4,5)35-28)31(32)21-24-15-9-6-10-16-24/h6-20,28H,21-23H2,1-5H3/b31-27+/t28-/m0/s1. The number of benzene rings is 3. The summed E-state index contributed by atoms with van der Waals surface area (Å²) in [6.45, 7) is 11.1. The molecule has 190 valence electrons. The maximum atomic E-state index is 13.6. The van der Waals surface area contributed by atoms with Crippen LogP contribution in [0.25, 0.3) is 0 Å². The molecule has 1 fully saturated rings. The van der Waals surface area contributed by atoms with Gasteiger partial charge in [-0.25, -0.2) is 4.74 Å². The molecule has 1 aliphatic heterocycles. The average molecular weight is 504 g/mol. The van der Waals surface area contributed by atoms with E-state index in [2.05, 4.69) is 69.3 Å². The topological polar surface area (TPSA) is 53.8 Å². The van der Waals surface area contributed by atoms with Crippen molar-refractivity contribution in [3.63, 3.8) is 0 Å². The van der Waals surface area contributed by atoms with Crippen molar-refractivity contribution in [2.45, 2.75) is 58.1 Å². The molecule has 0 aromatic heterocycles. The molecule has 1 aliphatic rings. The van der Waals surface area contributed by atoms with Crippen molar-refractivity contribution >= 4 is 24.4 Å². The van der Waals surface area contributed by atoms with Crippen LogP contribution >= 0.6 is 0 Å². The Kier molecular flexibility index (Phi) is 7.81. The van der Waals surface area contributed by atoms with Crippen molar-refractivity contribution in [3.05, 3.63) is 102 Å². The van der Waals surface area contributed by atoms with Gasteiger partial charge in [-0.1, -0.05) is 112 Å². The lowest BCUT2D eigenvalue weighted by molar-refractivity contribution is -0.479. The summed E-state index contributed by atoms with van der Waals surface area (Å²) in [7, 11) is -2.82. The van der Waals surface area contributed by atoms with Crippen molar-refractivity contribution < 1.29 is 18.6 Å². The van der Waals surface area contributed by atoms with Crippen LogP contribution in [-0.2, 0) is 20.4 Å². The summed E-state index contributed by atoms with van der Waals surface area (Å²) in [5.74, 6) is -0.749. The Balaban J connectivity index is 1.77. The highest BCUT2D eigenvalue weighted by atomic mass is 28.4. The van der Waals surface area contributed by atoms with Crippen LogP contribution in [0.1, 0.15) is 40.2 Å². The summed E-state index contributed by atoms with van der Waals surface area (Å²) >= 11 is 0. The summed E-state index contributed by atoms with van der Waals surface area (Å²) < 4.78 is 20.1. The van der Waals surface area contributed by atoms with Crippen molar-refractivity contribution in [1.29, 1.82) is 0 Å². The molecule has 0 radical (unpaired) electrons. The third-order valence-corrected chi connectivity index (χ3v) is 11.7. The van der Waals surface area contributed by atoms with Gasteiger partial charge in [0.25, 0.3) is 8.32 Å². The second-order valence-corrected chi connectivity index (χ2v) is 15.1. The number of rotatable bonds is 8. The van der Waals surface area contributed by atoms with Gasteiger partial charge in [-0.3, -0.25) is 0 Å². The molecule has 6 heteroatoms. The first-order valence-corrected chi connectivity index (χ1v) is 14.4. The van der Waals surface area contributed by atoms with E-state index in [1.807, 2.05) is 56.3 Å². The van der Waals surface area contributed by atoms with E-state index in [1.165, 1.54) is 10.4 Å². The second-order valence-electron chi connectivity index (χ2n) is 10.8. The predicted octanol–water partition coefficient (Wildman–Crippen LogP) is 4.87. The first kappa shape index (κ1) is 26.3. The lowest BCUT2D eigenvalue weighted by Gasteiger charge is -2.43. The van der Waals surface area contributed by atoms with Crippen LogP contribution in [0, 0.1) is 5.21 Å². The minimum absolute atomic E-state index is 0.160. The zero-order chi connectivity index (χ0) is 25.8. The highest BCUT2D eigenvalue weighted by molar-refractivity contribution is 6.99. The maximum Gasteiger partial charge on any atom is 0.261 e. The van der Waals surface area contributed by atoms with E-state index in [0.29, 0.717) is 12.3 Å². The van der Waals surface area contributed by atoms with Gasteiger partial charge < -0.3 is 19.1 Å². The molecule has 0 N–H and O–H groups in total. The number of hydroxylamine groups is 1. The zero-order valence-corrected chi connectivity index (χ0v) is 22.9. The Bertz CT molecular complexity index is 1120. The van der Waals surface area contributed by atoms with Crippen LogP contribution in [0.2, 0.25) is 5.04 Å². The van der Waals surface area contributed by atoms with Gasteiger partial charge in [0, 0.05) is 5.56 Å². The molecule has 3 aromatic carbocycles. The zero-order valence-electron chi connectivity index (χ0n) is 21.9. The molecule has 0 amide bonds. The van der Waals surface area contributed by atoms with E-state index in [4.69, 9.17) is 13.9 Å². The molecule has 0 unspecified atom stereocenters. The van der Waals surface area contributed by atoms with Gasteiger partial charge in [0.15, 0.2) is 18.4 Å². The fraction of sp³-hybridized carbons (Fsp3) is 0.367. The molecule has 1 atom stereocenters. The Morgan fingerprint density at radius 3 is 1.86 bits per heavy atom. The summed E-state index contributed by atoms with van der Waals surface area (Å²) in [5.41, 5.74) is 1.49. The predicted molar refractivity (Wildman–Crippen MR) is 147 cm³/mol. The molecule has 1 heterocycles. The van der Waals surface area contributed by atoms with E-state index < -0.39 is 20.2 Å². The Labute approximate surface area is 216 Å². The number of ether oxygens (including phenoxy) is 2. The Morgan fingerprint density at radius 1 is 0.917 bits per heavy atom. The van der Waals surface area contributed by atoms with Gasteiger partial charge >= 0.3 is 0 Å². The molecule has 3 aromatic rings. The minimum Gasteiger partial charge on any atom is -0.623 e. The molecule has 4 rings (SSSR count). The van der Waals surface area contributed by atoms with Gasteiger partial charge in [-0.05, 0) is 29.3 Å². The fourth-order valence-corrected chi connectivity index (χ4v) is 9.49. The van der Waals surface area contributed by atoms with E-state index in [-0.39, 0.29) is 18.2 Å². The molecule has 1 saturated heterocycles. The van der Waals surface area contributed by atoms with Gasteiger partial charge in [-0.2, -0.15) is 0 Å². The molecule has 36 heavy (non-hydrogen) atoms. The molecule has 0 bridgehead atoms. The van der Waals surface area contributed by atoms with Crippen LogP contribution < -0.4 is 10.4 Å². The van der Waals surface area contributed by atoms with Crippen molar-refractivity contribution in [1.82, 2.24) is 0 Å². The highest BCUT2D eigenvalue weighted by Gasteiger charge is 2.51. The van der Waals surface area contributed by atoms with Crippen LogP contribution in [-0.4, -0.2) is 43.9 Å². The Morgan fingerprint density at radius 2 is 1.42 bits per heavy atom. The van der Waals surface area contributed by atoms with Crippen molar-refractivity contribution in [3.8, 4) is 0 Å². The first-order valence-electron chi connectivity index (χ1n) is 12.5. The third kappa shape index (κ3) is 5.62. The number of hydrogen-bond donors (Lipinski definition) is 0. The second kappa shape index (κ2) is 10.7. The lowest BCUT2D eigenvalue weighted by atomic mass is 10.2.